The van der Waals surface area contributed by atoms with E-state index in [9.17, 15) is 30.7 Å². The summed E-state index contributed by atoms with van der Waals surface area (Å²) >= 11 is 3.92. The number of thioether (sulfide) groups is 1. The molecule has 0 aromatic rings. The summed E-state index contributed by atoms with van der Waals surface area (Å²) in [5, 5.41) is 0. The van der Waals surface area contributed by atoms with Crippen molar-refractivity contribution in [3.63, 3.8) is 0 Å². The minimum atomic E-state index is -6.32. The smallest absolute Gasteiger partial charge is 0.192 e. The summed E-state index contributed by atoms with van der Waals surface area (Å²) in [5.41, 5.74) is 0. The zero-order chi connectivity index (χ0) is 12.5. The van der Waals surface area contributed by atoms with Crippen LogP contribution in [0.5, 0.6) is 0 Å². The molecule has 0 aromatic carbocycles. The lowest BCUT2D eigenvalue weighted by molar-refractivity contribution is -0.335. The maximum atomic E-state index is 12.6. The van der Waals surface area contributed by atoms with Crippen molar-refractivity contribution in [1.29, 1.82) is 0 Å². The Morgan fingerprint density at radius 1 is 1.07 bits per heavy atom. The summed E-state index contributed by atoms with van der Waals surface area (Å²) in [6.07, 6.45) is -6.32. The summed E-state index contributed by atoms with van der Waals surface area (Å²) in [6.45, 7) is 1.30. The molecule has 0 heterocycles. The van der Waals surface area contributed by atoms with E-state index in [0.29, 0.717) is 0 Å². The molecule has 0 aliphatic rings. The van der Waals surface area contributed by atoms with Gasteiger partial charge in [-0.25, -0.2) is 0 Å². The van der Waals surface area contributed by atoms with Gasteiger partial charge in [-0.05, 0) is 5.75 Å². The van der Waals surface area contributed by atoms with Crippen molar-refractivity contribution in [2.45, 2.75) is 24.9 Å². The third-order valence-electron chi connectivity index (χ3n) is 1.28. The van der Waals surface area contributed by atoms with E-state index in [1.165, 1.54) is 6.92 Å². The van der Waals surface area contributed by atoms with Crippen LogP contribution in [0.15, 0.2) is 0 Å². The topological polar surface area (TPSA) is 0 Å². The summed E-state index contributed by atoms with van der Waals surface area (Å²) in [7, 11) is 0. The minimum Gasteiger partial charge on any atom is -0.192 e. The molecule has 90 valence electrons. The van der Waals surface area contributed by atoms with E-state index < -0.39 is 22.2 Å². The fourth-order valence-corrected chi connectivity index (χ4v) is 1.58. The summed E-state index contributed by atoms with van der Waals surface area (Å²) in [5.74, 6) is -11.6. The highest BCUT2D eigenvalue weighted by atomic mass is 32.2. The Bertz CT molecular complexity index is 244. The van der Waals surface area contributed by atoms with Gasteiger partial charge in [-0.15, -0.1) is 11.8 Å². The second kappa shape index (κ2) is 4.44. The van der Waals surface area contributed by atoms with Gasteiger partial charge >= 0.3 is 18.0 Å². The fourth-order valence-electron chi connectivity index (χ4n) is 0.528. The standard InChI is InChI=1S/C6H5F7S2/c1-2-15-3(14)4(7,8)5(9,10)6(11,12)13/h2H2,1H3. The molecule has 0 bridgehead atoms. The fraction of sp³-hybridized carbons (Fsp3) is 0.833. The van der Waals surface area contributed by atoms with Gasteiger partial charge in [0.25, 0.3) is 0 Å². The van der Waals surface area contributed by atoms with E-state index in [4.69, 9.17) is 0 Å². The van der Waals surface area contributed by atoms with Crippen LogP contribution in [-0.2, 0) is 0 Å². The number of hydrogen-bond donors (Lipinski definition) is 0. The lowest BCUT2D eigenvalue weighted by Gasteiger charge is -2.28. The van der Waals surface area contributed by atoms with Crippen LogP contribution in [0.25, 0.3) is 0 Å². The van der Waals surface area contributed by atoms with Crippen LogP contribution in [-0.4, -0.2) is 28.0 Å². The SMILES string of the molecule is CCSC(=S)C(F)(F)C(F)(F)C(F)(F)F. The van der Waals surface area contributed by atoms with E-state index in [2.05, 4.69) is 12.2 Å². The zero-order valence-electron chi connectivity index (χ0n) is 7.17. The summed E-state index contributed by atoms with van der Waals surface area (Å²) in [6, 6.07) is 0. The second-order valence-corrected chi connectivity index (χ2v) is 4.31. The molecule has 0 aliphatic carbocycles. The van der Waals surface area contributed by atoms with E-state index in [1.54, 1.807) is 0 Å². The molecule has 0 nitrogen and oxygen atoms in total. The quantitative estimate of drug-likeness (QED) is 0.565. The highest BCUT2D eigenvalue weighted by molar-refractivity contribution is 8.23. The molecule has 0 N–H and O–H groups in total. The van der Waals surface area contributed by atoms with Crippen molar-refractivity contribution in [3.05, 3.63) is 0 Å². The average Bonchev–Trinajstić information content (AvgIpc) is 2.02. The van der Waals surface area contributed by atoms with Gasteiger partial charge in [0.2, 0.25) is 0 Å². The Kier molecular flexibility index (Phi) is 4.43. The van der Waals surface area contributed by atoms with E-state index in [-0.39, 0.29) is 17.5 Å². The van der Waals surface area contributed by atoms with Crippen LogP contribution < -0.4 is 0 Å². The molecule has 0 atom stereocenters. The lowest BCUT2D eigenvalue weighted by atomic mass is 10.2. The average molecular weight is 274 g/mol. The van der Waals surface area contributed by atoms with Crippen molar-refractivity contribution in [2.75, 3.05) is 5.75 Å². The Balaban J connectivity index is 5.10. The van der Waals surface area contributed by atoms with Gasteiger partial charge in [-0.1, -0.05) is 19.1 Å². The van der Waals surface area contributed by atoms with Gasteiger partial charge in [0.15, 0.2) is 0 Å². The molecule has 9 heteroatoms. The number of thiocarbonyl (C=S) groups is 1. The van der Waals surface area contributed by atoms with E-state index in [0.717, 1.165) is 0 Å². The highest BCUT2D eigenvalue weighted by Crippen LogP contribution is 2.48. The maximum absolute atomic E-state index is 12.6. The van der Waals surface area contributed by atoms with Gasteiger partial charge in [0, 0.05) is 0 Å². The first-order valence-electron chi connectivity index (χ1n) is 3.48. The van der Waals surface area contributed by atoms with Gasteiger partial charge in [0.1, 0.15) is 4.20 Å². The molecule has 0 spiro atoms. The third-order valence-corrected chi connectivity index (χ3v) is 2.70. The molecule has 0 saturated carbocycles. The molecule has 0 rings (SSSR count). The molecule has 0 radical (unpaired) electrons. The Labute approximate surface area is 90.2 Å². The number of alkyl halides is 7. The summed E-state index contributed by atoms with van der Waals surface area (Å²) < 4.78 is 83.1. The molecule has 0 fully saturated rings. The van der Waals surface area contributed by atoms with Crippen molar-refractivity contribution >= 4 is 28.2 Å². The van der Waals surface area contributed by atoms with Crippen LogP contribution in [0.2, 0.25) is 0 Å². The van der Waals surface area contributed by atoms with Crippen LogP contribution in [0.4, 0.5) is 30.7 Å². The van der Waals surface area contributed by atoms with Gasteiger partial charge < -0.3 is 0 Å². The molecular formula is C6H5F7S2. The van der Waals surface area contributed by atoms with E-state index >= 15 is 0 Å². The van der Waals surface area contributed by atoms with Gasteiger partial charge in [-0.2, -0.15) is 30.7 Å². The number of hydrogen-bond acceptors (Lipinski definition) is 2. The molecule has 0 unspecified atom stereocenters. The molecule has 0 amide bonds. The largest absolute Gasteiger partial charge is 0.460 e. The minimum absolute atomic E-state index is 0.0827. The van der Waals surface area contributed by atoms with Crippen LogP contribution in [0.1, 0.15) is 6.92 Å². The van der Waals surface area contributed by atoms with Crippen LogP contribution >= 0.6 is 24.0 Å². The molecule has 15 heavy (non-hydrogen) atoms. The molecule has 0 aromatic heterocycles. The Hall–Kier alpha value is -0.0500. The Morgan fingerprint density at radius 3 is 1.73 bits per heavy atom. The normalized spacial score (nSPS) is 14.1. The third kappa shape index (κ3) is 2.74. The van der Waals surface area contributed by atoms with Crippen molar-refractivity contribution in [2.24, 2.45) is 0 Å². The predicted octanol–water partition coefficient (Wildman–Crippen LogP) is 3.90. The first kappa shape index (κ1) is 14.9. The van der Waals surface area contributed by atoms with Crippen molar-refractivity contribution in [3.8, 4) is 0 Å². The zero-order valence-corrected chi connectivity index (χ0v) is 8.80. The second-order valence-electron chi connectivity index (χ2n) is 2.37. The monoisotopic (exact) mass is 274 g/mol. The lowest BCUT2D eigenvalue weighted by Crippen LogP contribution is -2.54. The highest BCUT2D eigenvalue weighted by Gasteiger charge is 2.74. The van der Waals surface area contributed by atoms with E-state index in [1.807, 2.05) is 0 Å². The van der Waals surface area contributed by atoms with Gasteiger partial charge in [-0.3, -0.25) is 0 Å². The van der Waals surface area contributed by atoms with Crippen molar-refractivity contribution in [1.82, 2.24) is 0 Å². The molecule has 0 aliphatic heterocycles. The first-order valence-corrected chi connectivity index (χ1v) is 4.87. The summed E-state index contributed by atoms with van der Waals surface area (Å²) in [4.78, 5) is 0. The van der Waals surface area contributed by atoms with Crippen LogP contribution in [0, 0.1) is 0 Å². The molecule has 0 saturated heterocycles. The number of rotatable bonds is 3. The maximum Gasteiger partial charge on any atom is 0.460 e. The predicted molar refractivity (Wildman–Crippen MR) is 46.7 cm³/mol. The first-order chi connectivity index (χ1) is 6.48. The Morgan fingerprint density at radius 2 is 1.47 bits per heavy atom. The van der Waals surface area contributed by atoms with Gasteiger partial charge in [0.05, 0.1) is 0 Å². The van der Waals surface area contributed by atoms with Crippen molar-refractivity contribution < 1.29 is 30.7 Å². The van der Waals surface area contributed by atoms with Crippen LogP contribution in [0.3, 0.4) is 0 Å². The number of halogens is 7. The molecular weight excluding hydrogens is 269 g/mol.